The third-order valence-corrected chi connectivity index (χ3v) is 3.57. The fraction of sp³-hybridized carbons (Fsp3) is 0.467. The van der Waals surface area contributed by atoms with E-state index in [0.29, 0.717) is 5.92 Å². The van der Waals surface area contributed by atoms with Gasteiger partial charge in [-0.05, 0) is 50.3 Å². The standard InChI is InChI=1S/C15H22N2/c1-5-10(2)9-16-15-12(4)13-8-11(3)6-7-14(13)17-15/h5-7,11,16-17H,8-9H2,1-4H3. The summed E-state index contributed by atoms with van der Waals surface area (Å²) in [5, 5.41) is 3.48. The first kappa shape index (κ1) is 12.0. The van der Waals surface area contributed by atoms with E-state index in [0.717, 1.165) is 13.0 Å². The quantitative estimate of drug-likeness (QED) is 0.757. The summed E-state index contributed by atoms with van der Waals surface area (Å²) in [5.41, 5.74) is 5.49. The van der Waals surface area contributed by atoms with E-state index in [1.165, 1.54) is 28.2 Å². The van der Waals surface area contributed by atoms with E-state index >= 15 is 0 Å². The van der Waals surface area contributed by atoms with Crippen LogP contribution in [0.1, 0.15) is 37.6 Å². The molecule has 0 fully saturated rings. The van der Waals surface area contributed by atoms with Gasteiger partial charge < -0.3 is 10.3 Å². The van der Waals surface area contributed by atoms with Gasteiger partial charge in [0.1, 0.15) is 5.82 Å². The Morgan fingerprint density at radius 3 is 3.06 bits per heavy atom. The Labute approximate surface area is 104 Å². The lowest BCUT2D eigenvalue weighted by atomic mass is 9.93. The Balaban J connectivity index is 2.18. The summed E-state index contributed by atoms with van der Waals surface area (Å²) in [6.45, 7) is 9.61. The fourth-order valence-corrected chi connectivity index (χ4v) is 2.22. The van der Waals surface area contributed by atoms with Crippen LogP contribution in [0, 0.1) is 12.8 Å². The molecule has 92 valence electrons. The van der Waals surface area contributed by atoms with Crippen LogP contribution in [0.5, 0.6) is 0 Å². The van der Waals surface area contributed by atoms with Gasteiger partial charge >= 0.3 is 0 Å². The molecule has 0 saturated carbocycles. The Morgan fingerprint density at radius 1 is 1.59 bits per heavy atom. The van der Waals surface area contributed by atoms with Crippen LogP contribution in [0.25, 0.3) is 6.08 Å². The average Bonchev–Trinajstić information content (AvgIpc) is 2.63. The van der Waals surface area contributed by atoms with Gasteiger partial charge in [-0.25, -0.2) is 0 Å². The minimum Gasteiger partial charge on any atom is -0.368 e. The van der Waals surface area contributed by atoms with Crippen molar-refractivity contribution in [2.45, 2.75) is 34.1 Å². The number of nitrogens with one attached hydrogen (secondary N) is 2. The summed E-state index contributed by atoms with van der Waals surface area (Å²) in [6.07, 6.45) is 7.79. The average molecular weight is 230 g/mol. The summed E-state index contributed by atoms with van der Waals surface area (Å²) in [7, 11) is 0. The highest BCUT2D eigenvalue weighted by Crippen LogP contribution is 2.30. The number of rotatable bonds is 3. The van der Waals surface area contributed by atoms with E-state index in [1.54, 1.807) is 0 Å². The highest BCUT2D eigenvalue weighted by Gasteiger charge is 2.17. The van der Waals surface area contributed by atoms with E-state index < -0.39 is 0 Å². The Kier molecular flexibility index (Phi) is 3.41. The van der Waals surface area contributed by atoms with Crippen molar-refractivity contribution in [2.24, 2.45) is 5.92 Å². The van der Waals surface area contributed by atoms with Crippen molar-refractivity contribution in [1.29, 1.82) is 0 Å². The van der Waals surface area contributed by atoms with Crippen molar-refractivity contribution < 1.29 is 0 Å². The molecule has 1 aliphatic carbocycles. The minimum absolute atomic E-state index is 0.655. The van der Waals surface area contributed by atoms with Gasteiger partial charge in [-0.15, -0.1) is 0 Å². The first-order valence-corrected chi connectivity index (χ1v) is 6.37. The van der Waals surface area contributed by atoms with E-state index in [-0.39, 0.29) is 0 Å². The van der Waals surface area contributed by atoms with E-state index in [2.05, 4.69) is 56.2 Å². The number of aromatic nitrogens is 1. The predicted octanol–water partition coefficient (Wildman–Crippen LogP) is 3.91. The smallest absolute Gasteiger partial charge is 0.107 e. The molecule has 0 aromatic carbocycles. The van der Waals surface area contributed by atoms with Crippen LogP contribution in [0.15, 0.2) is 17.7 Å². The molecular weight excluding hydrogens is 208 g/mol. The first-order chi connectivity index (χ1) is 8.11. The van der Waals surface area contributed by atoms with Crippen molar-refractivity contribution in [2.75, 3.05) is 11.9 Å². The van der Waals surface area contributed by atoms with Gasteiger partial charge in [0.05, 0.1) is 0 Å². The fourth-order valence-electron chi connectivity index (χ4n) is 2.22. The van der Waals surface area contributed by atoms with Gasteiger partial charge in [-0.3, -0.25) is 0 Å². The SMILES string of the molecule is CC=C(C)CNc1[nH]c2c(c1C)CC(C)C=C2. The summed E-state index contributed by atoms with van der Waals surface area (Å²) in [4.78, 5) is 3.48. The number of hydrogen-bond acceptors (Lipinski definition) is 1. The summed E-state index contributed by atoms with van der Waals surface area (Å²) < 4.78 is 0. The van der Waals surface area contributed by atoms with Gasteiger partial charge in [0, 0.05) is 12.2 Å². The molecule has 1 aromatic rings. The van der Waals surface area contributed by atoms with E-state index in [4.69, 9.17) is 0 Å². The third-order valence-electron chi connectivity index (χ3n) is 3.57. The second-order valence-corrected chi connectivity index (χ2v) is 5.05. The Bertz CT molecular complexity index is 464. The summed E-state index contributed by atoms with van der Waals surface area (Å²) in [6, 6.07) is 0. The van der Waals surface area contributed by atoms with Crippen LogP contribution < -0.4 is 5.32 Å². The molecule has 1 unspecified atom stereocenters. The molecule has 0 radical (unpaired) electrons. The molecule has 1 atom stereocenters. The third kappa shape index (κ3) is 2.46. The molecule has 0 spiro atoms. The lowest BCUT2D eigenvalue weighted by Gasteiger charge is -2.12. The largest absolute Gasteiger partial charge is 0.368 e. The second-order valence-electron chi connectivity index (χ2n) is 5.05. The monoisotopic (exact) mass is 230 g/mol. The normalized spacial score (nSPS) is 19.3. The maximum absolute atomic E-state index is 3.48. The topological polar surface area (TPSA) is 27.8 Å². The van der Waals surface area contributed by atoms with Crippen LogP contribution in [0.3, 0.4) is 0 Å². The highest BCUT2D eigenvalue weighted by molar-refractivity contribution is 5.64. The summed E-state index contributed by atoms with van der Waals surface area (Å²) in [5.74, 6) is 1.83. The molecule has 17 heavy (non-hydrogen) atoms. The number of fused-ring (bicyclic) bond motifs is 1. The summed E-state index contributed by atoms with van der Waals surface area (Å²) >= 11 is 0. The van der Waals surface area contributed by atoms with Gasteiger partial charge in [0.2, 0.25) is 0 Å². The minimum atomic E-state index is 0.655. The molecule has 2 N–H and O–H groups in total. The molecule has 1 aromatic heterocycles. The van der Waals surface area contributed by atoms with Crippen LogP contribution in [-0.4, -0.2) is 11.5 Å². The van der Waals surface area contributed by atoms with E-state index in [1.807, 2.05) is 0 Å². The molecule has 0 aliphatic heterocycles. The van der Waals surface area contributed by atoms with Crippen molar-refractivity contribution in [3.05, 3.63) is 34.5 Å². The molecule has 1 heterocycles. The number of hydrogen-bond donors (Lipinski definition) is 2. The maximum atomic E-state index is 3.48. The molecule has 2 nitrogen and oxygen atoms in total. The zero-order chi connectivity index (χ0) is 12.4. The number of allylic oxidation sites excluding steroid dienone is 2. The Morgan fingerprint density at radius 2 is 2.35 bits per heavy atom. The Hall–Kier alpha value is -1.44. The van der Waals surface area contributed by atoms with Crippen molar-refractivity contribution in [1.82, 2.24) is 4.98 Å². The number of anilines is 1. The van der Waals surface area contributed by atoms with Crippen molar-refractivity contribution in [3.63, 3.8) is 0 Å². The van der Waals surface area contributed by atoms with Crippen LogP contribution in [0.2, 0.25) is 0 Å². The molecule has 2 rings (SSSR count). The number of aromatic amines is 1. The van der Waals surface area contributed by atoms with Crippen LogP contribution in [-0.2, 0) is 6.42 Å². The number of H-pyrrole nitrogens is 1. The van der Waals surface area contributed by atoms with Gasteiger partial charge in [0.15, 0.2) is 0 Å². The van der Waals surface area contributed by atoms with Crippen LogP contribution in [0.4, 0.5) is 5.82 Å². The molecule has 0 amide bonds. The molecular formula is C15H22N2. The van der Waals surface area contributed by atoms with Crippen molar-refractivity contribution >= 4 is 11.9 Å². The highest BCUT2D eigenvalue weighted by atomic mass is 15.0. The van der Waals surface area contributed by atoms with E-state index in [9.17, 15) is 0 Å². The second kappa shape index (κ2) is 4.82. The van der Waals surface area contributed by atoms with Gasteiger partial charge in [0.25, 0.3) is 0 Å². The molecule has 1 aliphatic rings. The lowest BCUT2D eigenvalue weighted by Crippen LogP contribution is -2.04. The maximum Gasteiger partial charge on any atom is 0.107 e. The zero-order valence-electron chi connectivity index (χ0n) is 11.2. The van der Waals surface area contributed by atoms with Crippen molar-refractivity contribution in [3.8, 4) is 0 Å². The van der Waals surface area contributed by atoms with Gasteiger partial charge in [-0.1, -0.05) is 24.6 Å². The molecule has 0 saturated heterocycles. The molecule has 2 heteroatoms. The molecule has 0 bridgehead atoms. The van der Waals surface area contributed by atoms with Gasteiger partial charge in [-0.2, -0.15) is 0 Å². The van der Waals surface area contributed by atoms with Crippen LogP contribution >= 0.6 is 0 Å². The lowest BCUT2D eigenvalue weighted by molar-refractivity contribution is 0.714. The first-order valence-electron chi connectivity index (χ1n) is 6.37. The zero-order valence-corrected chi connectivity index (χ0v) is 11.2. The predicted molar refractivity (Wildman–Crippen MR) is 75.4 cm³/mol.